The van der Waals surface area contributed by atoms with Gasteiger partial charge >= 0.3 is 0 Å². The molecule has 3 rings (SSSR count). The van der Waals surface area contributed by atoms with Gasteiger partial charge in [0.2, 0.25) is 5.91 Å². The highest BCUT2D eigenvalue weighted by Crippen LogP contribution is 2.50. The molecule has 6 heteroatoms. The van der Waals surface area contributed by atoms with Crippen molar-refractivity contribution in [3.63, 3.8) is 0 Å². The molecule has 0 spiro atoms. The molecule has 0 radical (unpaired) electrons. The quantitative estimate of drug-likeness (QED) is 0.460. The molecule has 0 saturated heterocycles. The van der Waals surface area contributed by atoms with Gasteiger partial charge in [-0.25, -0.2) is 0 Å². The van der Waals surface area contributed by atoms with Crippen molar-refractivity contribution < 1.29 is 4.79 Å². The second kappa shape index (κ2) is 9.51. The smallest absolute Gasteiger partial charge is 0.237 e. The largest absolute Gasteiger partial charge is 0.358 e. The molecule has 1 aliphatic rings. The fraction of sp³-hybridized carbons (Fsp3) is 0.440. The van der Waals surface area contributed by atoms with Gasteiger partial charge in [-0.1, -0.05) is 72.8 Å². The van der Waals surface area contributed by atoms with Crippen LogP contribution in [0.1, 0.15) is 52.2 Å². The Kier molecular flexibility index (Phi) is 7.39. The highest BCUT2D eigenvalue weighted by Gasteiger charge is 2.47. The Morgan fingerprint density at radius 2 is 1.71 bits per heavy atom. The van der Waals surface area contributed by atoms with Gasteiger partial charge in [-0.15, -0.1) is 0 Å². The minimum Gasteiger partial charge on any atom is -0.358 e. The minimum atomic E-state index is -0.350. The van der Waals surface area contributed by atoms with Gasteiger partial charge in [-0.05, 0) is 63.4 Å². The summed E-state index contributed by atoms with van der Waals surface area (Å²) < 4.78 is 0.785. The summed E-state index contributed by atoms with van der Waals surface area (Å²) in [6.45, 7) is 12.5. The van der Waals surface area contributed by atoms with Gasteiger partial charge in [-0.2, -0.15) is 0 Å². The first-order valence-electron chi connectivity index (χ1n) is 10.7. The fourth-order valence-corrected chi connectivity index (χ4v) is 6.19. The molecule has 3 nitrogen and oxygen atoms in total. The van der Waals surface area contributed by atoms with Crippen LogP contribution in [0.4, 0.5) is 5.69 Å². The third-order valence-electron chi connectivity index (χ3n) is 6.20. The number of halogens is 1. The van der Waals surface area contributed by atoms with Crippen LogP contribution < -0.4 is 4.90 Å². The number of amides is 1. The molecule has 1 aliphatic heterocycles. The zero-order valence-electron chi connectivity index (χ0n) is 18.9. The minimum absolute atomic E-state index is 0.0927. The Morgan fingerprint density at radius 3 is 2.32 bits per heavy atom. The van der Waals surface area contributed by atoms with Crippen LogP contribution in [0.15, 0.2) is 48.5 Å². The summed E-state index contributed by atoms with van der Waals surface area (Å²) in [5, 5.41) is 0.730. The normalized spacial score (nSPS) is 19.6. The monoisotopic (exact) mass is 474 g/mol. The molecule has 166 valence electrons. The van der Waals surface area contributed by atoms with Crippen molar-refractivity contribution >= 4 is 51.5 Å². The van der Waals surface area contributed by atoms with E-state index in [0.29, 0.717) is 5.75 Å². The Hall–Kier alpha value is -1.56. The maximum atomic E-state index is 13.5. The van der Waals surface area contributed by atoms with Crippen molar-refractivity contribution in [2.45, 2.75) is 52.0 Å². The molecule has 0 N–H and O–H groups in total. The number of fused-ring (bicyclic) bond motifs is 1. The number of hydrogen-bond acceptors (Lipinski definition) is 3. The summed E-state index contributed by atoms with van der Waals surface area (Å²) >= 11 is 13.2. The van der Waals surface area contributed by atoms with Crippen molar-refractivity contribution in [1.82, 2.24) is 4.90 Å². The van der Waals surface area contributed by atoms with Gasteiger partial charge in [-0.3, -0.25) is 4.79 Å². The number of hydrogen-bond donors (Lipinski definition) is 0. The summed E-state index contributed by atoms with van der Waals surface area (Å²) in [6.07, 6.45) is 0.815. The van der Waals surface area contributed by atoms with Crippen LogP contribution in [-0.2, 0) is 10.2 Å². The van der Waals surface area contributed by atoms with Crippen molar-refractivity contribution in [1.29, 1.82) is 0 Å². The fourth-order valence-electron chi connectivity index (χ4n) is 4.81. The number of rotatable bonds is 5. The first-order chi connectivity index (χ1) is 14.6. The summed E-state index contributed by atoms with van der Waals surface area (Å²) in [6, 6.07) is 16.4. The van der Waals surface area contributed by atoms with Gasteiger partial charge in [0.1, 0.15) is 4.32 Å². The van der Waals surface area contributed by atoms with E-state index in [9.17, 15) is 4.79 Å². The van der Waals surface area contributed by atoms with E-state index in [1.165, 1.54) is 22.9 Å². The Morgan fingerprint density at radius 1 is 1.10 bits per heavy atom. The van der Waals surface area contributed by atoms with Crippen LogP contribution in [0.2, 0.25) is 5.02 Å². The lowest BCUT2D eigenvalue weighted by Gasteiger charge is -2.51. The van der Waals surface area contributed by atoms with Gasteiger partial charge < -0.3 is 9.80 Å². The maximum Gasteiger partial charge on any atom is 0.237 e. The van der Waals surface area contributed by atoms with E-state index >= 15 is 0 Å². The van der Waals surface area contributed by atoms with Crippen molar-refractivity contribution in [2.75, 3.05) is 23.7 Å². The average Bonchev–Trinajstić information content (AvgIpc) is 2.73. The van der Waals surface area contributed by atoms with Crippen LogP contribution in [0.25, 0.3) is 0 Å². The zero-order chi connectivity index (χ0) is 22.8. The number of carbonyl (C=O) groups excluding carboxylic acids is 1. The number of benzene rings is 2. The first kappa shape index (κ1) is 24.1. The molecule has 31 heavy (non-hydrogen) atoms. The number of para-hydroxylation sites is 1. The summed E-state index contributed by atoms with van der Waals surface area (Å²) in [4.78, 5) is 17.6. The third-order valence-corrected chi connectivity index (χ3v) is 7.96. The van der Waals surface area contributed by atoms with Gasteiger partial charge in [0, 0.05) is 34.8 Å². The maximum absolute atomic E-state index is 13.5. The van der Waals surface area contributed by atoms with Crippen LogP contribution in [-0.4, -0.2) is 39.5 Å². The first-order valence-corrected chi connectivity index (χ1v) is 12.5. The number of thioether (sulfide) groups is 1. The predicted molar refractivity (Wildman–Crippen MR) is 139 cm³/mol. The molecule has 0 saturated carbocycles. The zero-order valence-corrected chi connectivity index (χ0v) is 21.3. The summed E-state index contributed by atoms with van der Waals surface area (Å²) in [7, 11) is 0. The van der Waals surface area contributed by atoms with Crippen LogP contribution in [0, 0.1) is 0 Å². The van der Waals surface area contributed by atoms with Gasteiger partial charge in [0.25, 0.3) is 0 Å². The Balaban J connectivity index is 1.96. The SMILES string of the molecule is CCN(CC)C(=S)SCC(=O)N1c2ccccc2[C@@](C)(c2ccc(Cl)cc2)CC1(C)C. The highest BCUT2D eigenvalue weighted by atomic mass is 35.5. The van der Waals surface area contributed by atoms with E-state index in [0.717, 1.165) is 34.5 Å². The van der Waals surface area contributed by atoms with E-state index in [-0.39, 0.29) is 16.9 Å². The molecule has 1 amide bonds. The predicted octanol–water partition coefficient (Wildman–Crippen LogP) is 6.52. The molecule has 1 heterocycles. The Bertz CT molecular complexity index is 956. The molecule has 0 bridgehead atoms. The second-order valence-corrected chi connectivity index (χ2v) is 10.8. The van der Waals surface area contributed by atoms with Crippen molar-refractivity contribution in [2.24, 2.45) is 0 Å². The Labute approximate surface area is 201 Å². The van der Waals surface area contributed by atoms with Gasteiger partial charge in [0.05, 0.1) is 5.75 Å². The lowest BCUT2D eigenvalue weighted by Crippen LogP contribution is -2.56. The summed E-state index contributed by atoms with van der Waals surface area (Å²) in [5.74, 6) is 0.431. The molecule has 0 fully saturated rings. The van der Waals surface area contributed by atoms with E-state index < -0.39 is 0 Å². The highest BCUT2D eigenvalue weighted by molar-refractivity contribution is 8.23. The van der Waals surface area contributed by atoms with E-state index in [1.807, 2.05) is 23.1 Å². The van der Waals surface area contributed by atoms with Crippen LogP contribution in [0.3, 0.4) is 0 Å². The number of anilines is 1. The molecule has 0 aromatic heterocycles. The van der Waals surface area contributed by atoms with E-state index in [2.05, 4.69) is 69.9 Å². The van der Waals surface area contributed by atoms with Crippen LogP contribution in [0.5, 0.6) is 0 Å². The molecule has 2 aromatic carbocycles. The standard InChI is InChI=1S/C25H31ClN2OS2/c1-6-27(7-2)23(30)31-16-22(29)28-21-11-9-8-10-20(21)25(5,17-24(28,3)4)18-12-14-19(26)15-13-18/h8-15H,6-7,16-17H2,1-5H3/t25-/m1/s1. The molecule has 0 unspecified atom stereocenters. The number of nitrogens with zero attached hydrogens (tertiary/aromatic N) is 2. The second-order valence-electron chi connectivity index (χ2n) is 8.80. The number of carbonyl (C=O) groups is 1. The average molecular weight is 475 g/mol. The molecule has 1 atom stereocenters. The van der Waals surface area contributed by atoms with Gasteiger partial charge in [0.15, 0.2) is 0 Å². The van der Waals surface area contributed by atoms with Crippen molar-refractivity contribution in [3.05, 3.63) is 64.7 Å². The van der Waals surface area contributed by atoms with E-state index in [4.69, 9.17) is 23.8 Å². The topological polar surface area (TPSA) is 23.6 Å². The molecular weight excluding hydrogens is 444 g/mol. The molecule has 2 aromatic rings. The summed E-state index contributed by atoms with van der Waals surface area (Å²) in [5.41, 5.74) is 2.79. The number of thiocarbonyl (C=S) groups is 1. The van der Waals surface area contributed by atoms with Crippen LogP contribution >= 0.6 is 35.6 Å². The molecular formula is C25H31ClN2OS2. The third kappa shape index (κ3) is 4.79. The lowest BCUT2D eigenvalue weighted by atomic mass is 9.65. The molecule has 0 aliphatic carbocycles. The van der Waals surface area contributed by atoms with E-state index in [1.54, 1.807) is 0 Å². The van der Waals surface area contributed by atoms with Crippen molar-refractivity contribution in [3.8, 4) is 0 Å². The lowest BCUT2D eigenvalue weighted by molar-refractivity contribution is -0.117.